The lowest BCUT2D eigenvalue weighted by molar-refractivity contribution is 0.0533. The van der Waals surface area contributed by atoms with Crippen LogP contribution in [0.25, 0.3) is 0 Å². The van der Waals surface area contributed by atoms with Crippen LogP contribution in [0.1, 0.15) is 38.1 Å². The summed E-state index contributed by atoms with van der Waals surface area (Å²) in [5.41, 5.74) is 0.182. The Hall–Kier alpha value is -2.09. The number of piperazine rings is 1. The zero-order chi connectivity index (χ0) is 20.2. The van der Waals surface area contributed by atoms with Gasteiger partial charge in [0.05, 0.1) is 22.3 Å². The molecule has 2 amide bonds. The minimum absolute atomic E-state index is 0.0590. The van der Waals surface area contributed by atoms with E-state index in [0.717, 1.165) is 0 Å². The monoisotopic (exact) mass is 396 g/mol. The van der Waals surface area contributed by atoms with Gasteiger partial charge in [0.2, 0.25) is 0 Å². The Kier molecular flexibility index (Phi) is 6.86. The SMILES string of the molecule is CC(C)COC(=O)N1CCN(C(=O)c2ccccc2S(=O)(=O)C(C)C)CC1. The molecular formula is C19H28N2O5S. The zero-order valence-electron chi connectivity index (χ0n) is 16.3. The molecule has 0 saturated carbocycles. The lowest BCUT2D eigenvalue weighted by Crippen LogP contribution is -2.51. The molecule has 0 atom stereocenters. The van der Waals surface area contributed by atoms with E-state index < -0.39 is 15.1 Å². The molecule has 27 heavy (non-hydrogen) atoms. The fraction of sp³-hybridized carbons (Fsp3) is 0.579. The summed E-state index contributed by atoms with van der Waals surface area (Å²) in [7, 11) is -3.56. The minimum atomic E-state index is -3.56. The summed E-state index contributed by atoms with van der Waals surface area (Å²) in [4.78, 5) is 28.2. The van der Waals surface area contributed by atoms with Gasteiger partial charge in [-0.2, -0.15) is 0 Å². The highest BCUT2D eigenvalue weighted by molar-refractivity contribution is 7.92. The van der Waals surface area contributed by atoms with E-state index >= 15 is 0 Å². The molecule has 1 aliphatic heterocycles. The van der Waals surface area contributed by atoms with Crippen molar-refractivity contribution >= 4 is 21.8 Å². The van der Waals surface area contributed by atoms with E-state index in [-0.39, 0.29) is 28.4 Å². The summed E-state index contributed by atoms with van der Waals surface area (Å²) in [6, 6.07) is 6.30. The zero-order valence-corrected chi connectivity index (χ0v) is 17.2. The number of amides is 2. The quantitative estimate of drug-likeness (QED) is 0.763. The third-order valence-corrected chi connectivity index (χ3v) is 6.62. The van der Waals surface area contributed by atoms with Crippen LogP contribution in [0.5, 0.6) is 0 Å². The van der Waals surface area contributed by atoms with Gasteiger partial charge in [-0.1, -0.05) is 26.0 Å². The Morgan fingerprint density at radius 3 is 2.11 bits per heavy atom. The van der Waals surface area contributed by atoms with Crippen molar-refractivity contribution in [2.75, 3.05) is 32.8 Å². The van der Waals surface area contributed by atoms with Crippen molar-refractivity contribution in [3.63, 3.8) is 0 Å². The van der Waals surface area contributed by atoms with Gasteiger partial charge in [-0.3, -0.25) is 4.79 Å². The smallest absolute Gasteiger partial charge is 0.409 e. The van der Waals surface area contributed by atoms with E-state index in [2.05, 4.69) is 0 Å². The second-order valence-corrected chi connectivity index (χ2v) is 9.81. The number of carbonyl (C=O) groups is 2. The summed E-state index contributed by atoms with van der Waals surface area (Å²) in [5, 5.41) is -0.612. The van der Waals surface area contributed by atoms with Crippen LogP contribution in [0.4, 0.5) is 4.79 Å². The normalized spacial score (nSPS) is 15.3. The molecule has 1 heterocycles. The number of hydrogen-bond donors (Lipinski definition) is 0. The molecule has 7 nitrogen and oxygen atoms in total. The predicted molar refractivity (Wildman–Crippen MR) is 102 cm³/mol. The Bertz CT molecular complexity index is 781. The predicted octanol–water partition coefficient (Wildman–Crippen LogP) is 2.42. The molecular weight excluding hydrogens is 368 g/mol. The fourth-order valence-electron chi connectivity index (χ4n) is 2.74. The van der Waals surface area contributed by atoms with Gasteiger partial charge in [-0.05, 0) is 31.9 Å². The first-order valence-corrected chi connectivity index (χ1v) is 10.7. The van der Waals surface area contributed by atoms with Crippen molar-refractivity contribution in [2.45, 2.75) is 37.8 Å². The average Bonchev–Trinajstić information content (AvgIpc) is 2.65. The number of hydrogen-bond acceptors (Lipinski definition) is 5. The first kappa shape index (κ1) is 21.2. The van der Waals surface area contributed by atoms with Gasteiger partial charge in [0.15, 0.2) is 9.84 Å². The van der Waals surface area contributed by atoms with Crippen molar-refractivity contribution in [2.24, 2.45) is 5.92 Å². The second kappa shape index (κ2) is 8.73. The third kappa shape index (κ3) is 5.00. The molecule has 150 valence electrons. The van der Waals surface area contributed by atoms with Crippen LogP contribution in [-0.2, 0) is 14.6 Å². The molecule has 1 aromatic carbocycles. The molecule has 0 aliphatic carbocycles. The van der Waals surface area contributed by atoms with Crippen LogP contribution in [0.3, 0.4) is 0 Å². The Morgan fingerprint density at radius 1 is 1.00 bits per heavy atom. The Labute approximate surface area is 161 Å². The van der Waals surface area contributed by atoms with Crippen molar-refractivity contribution in [3.05, 3.63) is 29.8 Å². The summed E-state index contributed by atoms with van der Waals surface area (Å²) >= 11 is 0. The van der Waals surface area contributed by atoms with E-state index in [1.54, 1.807) is 41.8 Å². The Balaban J connectivity index is 2.08. The molecule has 1 saturated heterocycles. The summed E-state index contributed by atoms with van der Waals surface area (Å²) in [6.45, 7) is 8.88. The molecule has 0 N–H and O–H groups in total. The average molecular weight is 397 g/mol. The van der Waals surface area contributed by atoms with Crippen LogP contribution in [-0.4, -0.2) is 68.3 Å². The standard InChI is InChI=1S/C19H28N2O5S/c1-14(2)13-26-19(23)21-11-9-20(10-12-21)18(22)16-7-5-6-8-17(16)27(24,25)15(3)4/h5-8,14-15H,9-13H2,1-4H3. The lowest BCUT2D eigenvalue weighted by Gasteiger charge is -2.34. The molecule has 1 aromatic rings. The Morgan fingerprint density at radius 2 is 1.56 bits per heavy atom. The topological polar surface area (TPSA) is 84.0 Å². The first-order valence-electron chi connectivity index (χ1n) is 9.18. The van der Waals surface area contributed by atoms with Gasteiger partial charge >= 0.3 is 6.09 Å². The highest BCUT2D eigenvalue weighted by atomic mass is 32.2. The van der Waals surface area contributed by atoms with Crippen LogP contribution >= 0.6 is 0 Å². The van der Waals surface area contributed by atoms with Crippen LogP contribution < -0.4 is 0 Å². The minimum Gasteiger partial charge on any atom is -0.449 e. The molecule has 0 unspecified atom stereocenters. The van der Waals surface area contributed by atoms with Crippen molar-refractivity contribution < 1.29 is 22.7 Å². The molecule has 1 fully saturated rings. The maximum atomic E-state index is 12.9. The largest absolute Gasteiger partial charge is 0.449 e. The number of rotatable bonds is 5. The fourth-order valence-corrected chi connectivity index (χ4v) is 3.98. The van der Waals surface area contributed by atoms with E-state index in [4.69, 9.17) is 4.74 Å². The number of sulfone groups is 1. The van der Waals surface area contributed by atoms with E-state index in [1.165, 1.54) is 6.07 Å². The number of nitrogens with zero attached hydrogens (tertiary/aromatic N) is 2. The van der Waals surface area contributed by atoms with Crippen molar-refractivity contribution in [3.8, 4) is 0 Å². The number of carbonyl (C=O) groups excluding carboxylic acids is 2. The van der Waals surface area contributed by atoms with Gasteiger partial charge < -0.3 is 14.5 Å². The molecule has 0 spiro atoms. The van der Waals surface area contributed by atoms with Gasteiger partial charge in [0.1, 0.15) is 0 Å². The first-order chi connectivity index (χ1) is 12.6. The van der Waals surface area contributed by atoms with Gasteiger partial charge in [0, 0.05) is 26.2 Å². The van der Waals surface area contributed by atoms with Crippen LogP contribution in [0.2, 0.25) is 0 Å². The summed E-state index contributed by atoms with van der Waals surface area (Å²) in [6.07, 6.45) is -0.376. The highest BCUT2D eigenvalue weighted by Gasteiger charge is 2.30. The van der Waals surface area contributed by atoms with Gasteiger partial charge in [-0.15, -0.1) is 0 Å². The molecule has 8 heteroatoms. The number of ether oxygens (including phenoxy) is 1. The van der Waals surface area contributed by atoms with E-state index in [0.29, 0.717) is 32.8 Å². The van der Waals surface area contributed by atoms with E-state index in [9.17, 15) is 18.0 Å². The maximum Gasteiger partial charge on any atom is 0.409 e. The molecule has 1 aliphatic rings. The summed E-state index contributed by atoms with van der Waals surface area (Å²) < 4.78 is 30.4. The number of benzene rings is 1. The second-order valence-electron chi connectivity index (χ2n) is 7.34. The van der Waals surface area contributed by atoms with Crippen molar-refractivity contribution in [1.82, 2.24) is 9.80 Å². The molecule has 2 rings (SSSR count). The highest BCUT2D eigenvalue weighted by Crippen LogP contribution is 2.22. The van der Waals surface area contributed by atoms with Crippen LogP contribution in [0.15, 0.2) is 29.2 Å². The van der Waals surface area contributed by atoms with E-state index in [1.807, 2.05) is 13.8 Å². The lowest BCUT2D eigenvalue weighted by atomic mass is 10.2. The van der Waals surface area contributed by atoms with Gasteiger partial charge in [-0.25, -0.2) is 13.2 Å². The molecule has 0 bridgehead atoms. The molecule has 0 aromatic heterocycles. The summed E-state index contributed by atoms with van der Waals surface area (Å²) in [5.74, 6) is -0.0683. The maximum absolute atomic E-state index is 12.9. The van der Waals surface area contributed by atoms with Crippen LogP contribution in [0, 0.1) is 5.92 Å². The van der Waals surface area contributed by atoms with Crippen molar-refractivity contribution in [1.29, 1.82) is 0 Å². The third-order valence-electron chi connectivity index (χ3n) is 4.41. The van der Waals surface area contributed by atoms with Gasteiger partial charge in [0.25, 0.3) is 5.91 Å². The molecule has 0 radical (unpaired) electrons.